The average Bonchev–Trinajstić information content (AvgIpc) is 1.98. The van der Waals surface area contributed by atoms with Crippen LogP contribution in [-0.2, 0) is 0 Å². The smallest absolute Gasteiger partial charge is 0.0996 e. The Morgan fingerprint density at radius 1 is 1.60 bits per heavy atom. The third kappa shape index (κ3) is 5.51. The Bertz CT molecular complexity index is 127. The molecule has 0 spiro atoms. The van der Waals surface area contributed by atoms with Gasteiger partial charge in [0.1, 0.15) is 0 Å². The van der Waals surface area contributed by atoms with Crippen LogP contribution in [0.4, 0.5) is 4.39 Å². The molecule has 0 aliphatic rings. The number of hydrogen-bond donors (Lipinski definition) is 1. The van der Waals surface area contributed by atoms with Gasteiger partial charge < -0.3 is 5.32 Å². The molecule has 0 saturated carbocycles. The first-order valence-corrected chi connectivity index (χ1v) is 3.47. The van der Waals surface area contributed by atoms with Gasteiger partial charge in [0.25, 0.3) is 0 Å². The lowest BCUT2D eigenvalue weighted by atomic mass is 10.3. The summed E-state index contributed by atoms with van der Waals surface area (Å²) in [6.45, 7) is 2.57. The van der Waals surface area contributed by atoms with Crippen LogP contribution in [0.15, 0.2) is 24.1 Å². The van der Waals surface area contributed by atoms with E-state index in [9.17, 15) is 4.39 Å². The highest BCUT2D eigenvalue weighted by atomic mass is 19.1. The summed E-state index contributed by atoms with van der Waals surface area (Å²) in [6, 6.07) is 0. The predicted molar refractivity (Wildman–Crippen MR) is 42.5 cm³/mol. The van der Waals surface area contributed by atoms with E-state index in [1.54, 1.807) is 13.0 Å². The zero-order chi connectivity index (χ0) is 7.82. The fourth-order valence-corrected chi connectivity index (χ4v) is 0.476. The fraction of sp³-hybridized carbons (Fsp3) is 0.500. The number of allylic oxidation sites excluding steroid dienone is 3. The van der Waals surface area contributed by atoms with Crippen molar-refractivity contribution in [2.45, 2.75) is 13.3 Å². The van der Waals surface area contributed by atoms with E-state index >= 15 is 0 Å². The highest BCUT2D eigenvalue weighted by Gasteiger charge is 1.82. The third-order valence-corrected chi connectivity index (χ3v) is 1.07. The van der Waals surface area contributed by atoms with Gasteiger partial charge in [-0.1, -0.05) is 19.1 Å². The highest BCUT2D eigenvalue weighted by Crippen LogP contribution is 2.00. The van der Waals surface area contributed by atoms with Gasteiger partial charge in [0.05, 0.1) is 5.83 Å². The molecule has 10 heavy (non-hydrogen) atoms. The van der Waals surface area contributed by atoms with Crippen molar-refractivity contribution in [3.05, 3.63) is 24.1 Å². The molecule has 0 aliphatic carbocycles. The maximum Gasteiger partial charge on any atom is 0.0996 e. The first-order chi connectivity index (χ1) is 4.81. The second-order valence-electron chi connectivity index (χ2n) is 1.95. The molecule has 0 bridgehead atoms. The standard InChI is InChI=1S/C8H14FN/c1-3-8(9)6-4-5-7-10-2/h4-6,10H,3,7H2,1-2H3/b5-4+,8-6+. The normalized spacial score (nSPS) is 12.9. The van der Waals surface area contributed by atoms with Gasteiger partial charge in [-0.05, 0) is 19.5 Å². The zero-order valence-corrected chi connectivity index (χ0v) is 6.52. The van der Waals surface area contributed by atoms with Crippen LogP contribution in [0.3, 0.4) is 0 Å². The highest BCUT2D eigenvalue weighted by molar-refractivity contribution is 5.06. The monoisotopic (exact) mass is 143 g/mol. The number of nitrogens with one attached hydrogen (secondary N) is 1. The molecular weight excluding hydrogens is 129 g/mol. The Kier molecular flexibility index (Phi) is 6.08. The van der Waals surface area contributed by atoms with Crippen molar-refractivity contribution in [2.75, 3.05) is 13.6 Å². The number of hydrogen-bond acceptors (Lipinski definition) is 1. The summed E-state index contributed by atoms with van der Waals surface area (Å²) in [5, 5.41) is 2.92. The summed E-state index contributed by atoms with van der Waals surface area (Å²) in [6.07, 6.45) is 5.55. The molecule has 0 amide bonds. The zero-order valence-electron chi connectivity index (χ0n) is 6.52. The quantitative estimate of drug-likeness (QED) is 0.594. The average molecular weight is 143 g/mol. The fourth-order valence-electron chi connectivity index (χ4n) is 0.476. The molecule has 1 N–H and O–H groups in total. The van der Waals surface area contributed by atoms with E-state index in [4.69, 9.17) is 0 Å². The lowest BCUT2D eigenvalue weighted by Crippen LogP contribution is -2.03. The van der Waals surface area contributed by atoms with Crippen LogP contribution < -0.4 is 5.32 Å². The first-order valence-electron chi connectivity index (χ1n) is 3.47. The summed E-state index contributed by atoms with van der Waals surface area (Å²) in [4.78, 5) is 0. The minimum Gasteiger partial charge on any atom is -0.316 e. The molecule has 0 unspecified atom stereocenters. The molecule has 0 radical (unpaired) electrons. The van der Waals surface area contributed by atoms with Crippen LogP contribution >= 0.6 is 0 Å². The first kappa shape index (κ1) is 9.37. The summed E-state index contributed by atoms with van der Waals surface area (Å²) < 4.78 is 12.3. The minimum atomic E-state index is -0.0765. The Hall–Kier alpha value is -0.630. The SMILES string of the molecule is CC/C(F)=C\C=C\CNC. The van der Waals surface area contributed by atoms with E-state index in [1.165, 1.54) is 6.08 Å². The van der Waals surface area contributed by atoms with Gasteiger partial charge in [0.2, 0.25) is 0 Å². The van der Waals surface area contributed by atoms with Gasteiger partial charge >= 0.3 is 0 Å². The lowest BCUT2D eigenvalue weighted by Gasteiger charge is -1.86. The van der Waals surface area contributed by atoms with Crippen LogP contribution in [0.25, 0.3) is 0 Å². The number of likely N-dealkylation sites (N-methyl/N-ethyl adjacent to an activating group) is 1. The summed E-state index contributed by atoms with van der Waals surface area (Å²) in [5.74, 6) is -0.0765. The summed E-state index contributed by atoms with van der Waals surface area (Å²) in [7, 11) is 1.85. The summed E-state index contributed by atoms with van der Waals surface area (Å²) in [5.41, 5.74) is 0. The molecule has 0 aromatic rings. The Labute approximate surface area is 61.6 Å². The van der Waals surface area contributed by atoms with Gasteiger partial charge in [0, 0.05) is 6.54 Å². The molecule has 0 aromatic carbocycles. The maximum atomic E-state index is 12.3. The van der Waals surface area contributed by atoms with Crippen molar-refractivity contribution in [2.24, 2.45) is 0 Å². The van der Waals surface area contributed by atoms with E-state index in [-0.39, 0.29) is 5.83 Å². The van der Waals surface area contributed by atoms with Gasteiger partial charge in [-0.25, -0.2) is 4.39 Å². The topological polar surface area (TPSA) is 12.0 Å². The van der Waals surface area contributed by atoms with Crippen molar-refractivity contribution in [3.63, 3.8) is 0 Å². The second-order valence-corrected chi connectivity index (χ2v) is 1.95. The molecule has 0 aliphatic heterocycles. The number of halogens is 1. The van der Waals surface area contributed by atoms with E-state index in [0.717, 1.165) is 6.54 Å². The van der Waals surface area contributed by atoms with Crippen LogP contribution in [0.1, 0.15) is 13.3 Å². The van der Waals surface area contributed by atoms with Crippen molar-refractivity contribution in [1.29, 1.82) is 0 Å². The Morgan fingerprint density at radius 3 is 2.80 bits per heavy atom. The van der Waals surface area contributed by atoms with E-state index in [2.05, 4.69) is 5.32 Å². The molecule has 0 fully saturated rings. The molecule has 0 rings (SSSR count). The lowest BCUT2D eigenvalue weighted by molar-refractivity contribution is 0.604. The third-order valence-electron chi connectivity index (χ3n) is 1.07. The molecule has 58 valence electrons. The predicted octanol–water partition coefficient (Wildman–Crippen LogP) is 2.03. The van der Waals surface area contributed by atoms with Gasteiger partial charge in [0.15, 0.2) is 0 Å². The molecule has 1 nitrogen and oxygen atoms in total. The Morgan fingerprint density at radius 2 is 2.30 bits per heavy atom. The van der Waals surface area contributed by atoms with Crippen LogP contribution in [0.5, 0.6) is 0 Å². The summed E-state index contributed by atoms with van der Waals surface area (Å²) >= 11 is 0. The van der Waals surface area contributed by atoms with Crippen molar-refractivity contribution in [3.8, 4) is 0 Å². The Balaban J connectivity index is 3.49. The van der Waals surface area contributed by atoms with Crippen LogP contribution in [0.2, 0.25) is 0 Å². The van der Waals surface area contributed by atoms with Gasteiger partial charge in [-0.2, -0.15) is 0 Å². The van der Waals surface area contributed by atoms with Gasteiger partial charge in [-0.15, -0.1) is 0 Å². The maximum absolute atomic E-state index is 12.3. The minimum absolute atomic E-state index is 0.0765. The van der Waals surface area contributed by atoms with Crippen molar-refractivity contribution in [1.82, 2.24) is 5.32 Å². The van der Waals surface area contributed by atoms with Crippen molar-refractivity contribution >= 4 is 0 Å². The number of rotatable bonds is 4. The van der Waals surface area contributed by atoms with Crippen LogP contribution in [-0.4, -0.2) is 13.6 Å². The molecular formula is C8H14FN. The molecule has 0 atom stereocenters. The van der Waals surface area contributed by atoms with E-state index in [0.29, 0.717) is 6.42 Å². The molecule has 0 heterocycles. The van der Waals surface area contributed by atoms with Gasteiger partial charge in [-0.3, -0.25) is 0 Å². The van der Waals surface area contributed by atoms with E-state index < -0.39 is 0 Å². The molecule has 0 aromatic heterocycles. The molecule has 0 saturated heterocycles. The largest absolute Gasteiger partial charge is 0.316 e. The second kappa shape index (κ2) is 6.49. The van der Waals surface area contributed by atoms with Crippen molar-refractivity contribution < 1.29 is 4.39 Å². The van der Waals surface area contributed by atoms with E-state index in [1.807, 2.05) is 13.1 Å². The molecule has 2 heteroatoms. The van der Waals surface area contributed by atoms with Crippen LogP contribution in [0, 0.1) is 0 Å².